The summed E-state index contributed by atoms with van der Waals surface area (Å²) in [6.45, 7) is 2.51. The zero-order valence-electron chi connectivity index (χ0n) is 20.1. The molecule has 0 aliphatic rings. The minimum atomic E-state index is -0.175. The first-order valence-corrected chi connectivity index (χ1v) is 11.8. The van der Waals surface area contributed by atoms with E-state index in [2.05, 4.69) is 38.6 Å². The van der Waals surface area contributed by atoms with Crippen molar-refractivity contribution in [2.45, 2.75) is 32.7 Å². The second-order valence-electron chi connectivity index (χ2n) is 8.57. The van der Waals surface area contributed by atoms with Crippen LogP contribution in [0.25, 0.3) is 28.5 Å². The normalized spacial score (nSPS) is 11.0. The Morgan fingerprint density at radius 3 is 2.64 bits per heavy atom. The van der Waals surface area contributed by atoms with Crippen LogP contribution in [0.5, 0.6) is 0 Å². The highest BCUT2D eigenvalue weighted by Crippen LogP contribution is 2.28. The van der Waals surface area contributed by atoms with Crippen LogP contribution in [0.4, 0.5) is 0 Å². The molecule has 10 heteroatoms. The molecule has 0 amide bonds. The Balaban J connectivity index is 1.49. The van der Waals surface area contributed by atoms with Crippen LogP contribution >= 0.6 is 0 Å². The zero-order valence-corrected chi connectivity index (χ0v) is 20.1. The molecule has 0 bridgehead atoms. The van der Waals surface area contributed by atoms with Gasteiger partial charge in [0.2, 0.25) is 5.82 Å². The number of aromatic nitrogens is 8. The van der Waals surface area contributed by atoms with E-state index in [0.717, 1.165) is 47.3 Å². The fourth-order valence-corrected chi connectivity index (χ4v) is 4.35. The lowest BCUT2D eigenvalue weighted by molar-refractivity contribution is 0.669. The molecule has 0 aliphatic heterocycles. The van der Waals surface area contributed by atoms with Crippen molar-refractivity contribution in [3.8, 4) is 34.5 Å². The van der Waals surface area contributed by atoms with E-state index in [1.807, 2.05) is 49.6 Å². The largest absolute Gasteiger partial charge is 0.336 e. The third-order valence-corrected chi connectivity index (χ3v) is 6.19. The number of H-pyrrole nitrogens is 1. The van der Waals surface area contributed by atoms with Gasteiger partial charge in [0.1, 0.15) is 11.9 Å². The standard InChI is InChI=1S/C26H25N9O/c1-3-4-7-20-17-35(25-19(14-27)12-13-33(25)2)26(36)34(20)16-18-10-11-23(28-15-18)21-8-5-6-9-22(21)24-29-31-32-30-24/h5-6,8-13,15,17H,3-4,7,16H2,1-2H3,(H,29,30,31,32). The number of nitrogens with zero attached hydrogens (tertiary/aromatic N) is 8. The van der Waals surface area contributed by atoms with Crippen LogP contribution in [0.1, 0.15) is 36.6 Å². The van der Waals surface area contributed by atoms with Gasteiger partial charge < -0.3 is 4.57 Å². The summed E-state index contributed by atoms with van der Waals surface area (Å²) in [5.74, 6) is 1.08. The van der Waals surface area contributed by atoms with Crippen LogP contribution in [-0.4, -0.2) is 39.3 Å². The van der Waals surface area contributed by atoms with Gasteiger partial charge in [-0.1, -0.05) is 43.7 Å². The Morgan fingerprint density at radius 1 is 1.11 bits per heavy atom. The maximum atomic E-state index is 13.5. The van der Waals surface area contributed by atoms with Gasteiger partial charge in [0.15, 0.2) is 0 Å². The Bertz CT molecular complexity index is 1580. The first-order chi connectivity index (χ1) is 17.6. The van der Waals surface area contributed by atoms with Gasteiger partial charge in [-0.15, -0.1) is 10.2 Å². The zero-order chi connectivity index (χ0) is 25.1. The van der Waals surface area contributed by atoms with Gasteiger partial charge in [-0.2, -0.15) is 10.5 Å². The Morgan fingerprint density at radius 2 is 1.94 bits per heavy atom. The maximum absolute atomic E-state index is 13.5. The fourth-order valence-electron chi connectivity index (χ4n) is 4.35. The Kier molecular flexibility index (Phi) is 6.28. The fraction of sp³-hybridized carbons (Fsp3) is 0.231. The van der Waals surface area contributed by atoms with Crippen LogP contribution in [-0.2, 0) is 20.0 Å². The summed E-state index contributed by atoms with van der Waals surface area (Å²) in [5, 5.41) is 23.9. The number of aryl methyl sites for hydroxylation is 2. The van der Waals surface area contributed by atoms with Gasteiger partial charge in [0, 0.05) is 42.5 Å². The van der Waals surface area contributed by atoms with Crippen molar-refractivity contribution in [3.05, 3.63) is 88.4 Å². The first kappa shape index (κ1) is 23.0. The summed E-state index contributed by atoms with van der Waals surface area (Å²) < 4.78 is 5.14. The molecule has 0 spiro atoms. The molecule has 0 atom stereocenters. The van der Waals surface area contributed by atoms with Crippen molar-refractivity contribution in [2.24, 2.45) is 7.05 Å². The van der Waals surface area contributed by atoms with Crippen molar-refractivity contribution in [1.82, 2.24) is 39.3 Å². The number of nitriles is 1. The lowest BCUT2D eigenvalue weighted by Gasteiger charge is -2.09. The number of tetrazole rings is 1. The van der Waals surface area contributed by atoms with Gasteiger partial charge in [-0.05, 0) is 35.8 Å². The molecule has 5 aromatic rings. The van der Waals surface area contributed by atoms with E-state index in [9.17, 15) is 10.1 Å². The molecule has 0 unspecified atom stereocenters. The molecule has 1 N–H and O–H groups in total. The van der Waals surface area contributed by atoms with E-state index in [1.54, 1.807) is 32.2 Å². The number of pyridine rings is 1. The van der Waals surface area contributed by atoms with Crippen LogP contribution in [0.15, 0.2) is 65.8 Å². The highest BCUT2D eigenvalue weighted by molar-refractivity contribution is 5.78. The Labute approximate surface area is 207 Å². The molecule has 4 heterocycles. The number of hydrogen-bond donors (Lipinski definition) is 1. The van der Waals surface area contributed by atoms with Crippen LogP contribution in [0.2, 0.25) is 0 Å². The highest BCUT2D eigenvalue weighted by atomic mass is 16.1. The summed E-state index contributed by atoms with van der Waals surface area (Å²) in [6.07, 6.45) is 8.19. The summed E-state index contributed by atoms with van der Waals surface area (Å²) in [4.78, 5) is 18.2. The van der Waals surface area contributed by atoms with Gasteiger partial charge in [-0.3, -0.25) is 14.1 Å². The molecule has 5 rings (SSSR count). The minimum Gasteiger partial charge on any atom is -0.336 e. The molecule has 36 heavy (non-hydrogen) atoms. The monoisotopic (exact) mass is 479 g/mol. The van der Waals surface area contributed by atoms with Crippen molar-refractivity contribution in [2.75, 3.05) is 0 Å². The van der Waals surface area contributed by atoms with E-state index in [0.29, 0.717) is 23.8 Å². The highest BCUT2D eigenvalue weighted by Gasteiger charge is 2.18. The molecule has 10 nitrogen and oxygen atoms in total. The first-order valence-electron chi connectivity index (χ1n) is 11.8. The van der Waals surface area contributed by atoms with Crippen molar-refractivity contribution >= 4 is 0 Å². The van der Waals surface area contributed by atoms with Gasteiger partial charge in [-0.25, -0.2) is 4.79 Å². The van der Waals surface area contributed by atoms with E-state index < -0.39 is 0 Å². The second kappa shape index (κ2) is 9.84. The quantitative estimate of drug-likeness (QED) is 0.363. The minimum absolute atomic E-state index is 0.175. The molecule has 4 aromatic heterocycles. The number of hydrogen-bond acceptors (Lipinski definition) is 6. The molecule has 0 aliphatic carbocycles. The van der Waals surface area contributed by atoms with Crippen LogP contribution in [0, 0.1) is 11.3 Å². The van der Waals surface area contributed by atoms with Crippen molar-refractivity contribution < 1.29 is 0 Å². The average molecular weight is 480 g/mol. The number of imidazole rings is 1. The second-order valence-corrected chi connectivity index (χ2v) is 8.57. The SMILES string of the molecule is CCCCc1cn(-c2c(C#N)ccn2C)c(=O)n1Cc1ccc(-c2ccccc2-c2nn[nH]n2)nc1. The third kappa shape index (κ3) is 4.22. The van der Waals surface area contributed by atoms with Crippen molar-refractivity contribution in [3.63, 3.8) is 0 Å². The molecule has 0 saturated heterocycles. The van der Waals surface area contributed by atoms with E-state index in [-0.39, 0.29) is 5.69 Å². The molecule has 180 valence electrons. The number of rotatable bonds is 8. The van der Waals surface area contributed by atoms with E-state index in [1.165, 1.54) is 0 Å². The molecule has 0 saturated carbocycles. The number of benzene rings is 1. The summed E-state index contributed by atoms with van der Waals surface area (Å²) in [5.41, 5.74) is 4.62. The van der Waals surface area contributed by atoms with E-state index in [4.69, 9.17) is 0 Å². The smallest absolute Gasteiger partial charge is 0.334 e. The number of nitrogens with one attached hydrogen (secondary N) is 1. The molecule has 0 fully saturated rings. The molecular formula is C26H25N9O. The summed E-state index contributed by atoms with van der Waals surface area (Å²) in [7, 11) is 1.83. The number of aromatic amines is 1. The van der Waals surface area contributed by atoms with Crippen LogP contribution < -0.4 is 5.69 Å². The van der Waals surface area contributed by atoms with Gasteiger partial charge in [0.25, 0.3) is 0 Å². The van der Waals surface area contributed by atoms with E-state index >= 15 is 0 Å². The third-order valence-electron chi connectivity index (χ3n) is 6.19. The predicted octanol–water partition coefficient (Wildman–Crippen LogP) is 3.48. The summed E-state index contributed by atoms with van der Waals surface area (Å²) in [6, 6.07) is 15.6. The van der Waals surface area contributed by atoms with Crippen molar-refractivity contribution in [1.29, 1.82) is 5.26 Å². The molecular weight excluding hydrogens is 454 g/mol. The lowest BCUT2D eigenvalue weighted by Crippen LogP contribution is -2.26. The van der Waals surface area contributed by atoms with Gasteiger partial charge in [0.05, 0.1) is 17.8 Å². The number of unbranched alkanes of at least 4 members (excludes halogenated alkanes) is 1. The predicted molar refractivity (Wildman–Crippen MR) is 134 cm³/mol. The lowest BCUT2D eigenvalue weighted by atomic mass is 10.0. The van der Waals surface area contributed by atoms with Crippen LogP contribution in [0.3, 0.4) is 0 Å². The summed E-state index contributed by atoms with van der Waals surface area (Å²) >= 11 is 0. The van der Waals surface area contributed by atoms with Gasteiger partial charge >= 0.3 is 5.69 Å². The Hall–Kier alpha value is -4.78. The average Bonchev–Trinajstić information content (AvgIpc) is 3.64. The topological polar surface area (TPSA) is 123 Å². The maximum Gasteiger partial charge on any atom is 0.334 e. The molecule has 1 aromatic carbocycles. The molecule has 0 radical (unpaired) electrons.